The van der Waals surface area contributed by atoms with E-state index in [-0.39, 0.29) is 44.4 Å². The normalized spacial score (nSPS) is 27.2. The van der Waals surface area contributed by atoms with Crippen LogP contribution in [0.5, 0.6) is 0 Å². The lowest BCUT2D eigenvalue weighted by Crippen LogP contribution is -2.46. The summed E-state index contributed by atoms with van der Waals surface area (Å²) < 4.78 is 57.8. The second kappa shape index (κ2) is 10.9. The molecule has 0 aromatic carbocycles. The Hall–Kier alpha value is -0.500. The highest BCUT2D eigenvalue weighted by molar-refractivity contribution is 7.78. The lowest BCUT2D eigenvalue weighted by atomic mass is 9.86. The second-order valence-corrected chi connectivity index (χ2v) is 14.1. The maximum absolute atomic E-state index is 14.1. The Labute approximate surface area is 184 Å². The zero-order chi connectivity index (χ0) is 22.7. The van der Waals surface area contributed by atoms with Crippen molar-refractivity contribution < 1.29 is 32.5 Å². The largest absolute Gasteiger partial charge is 0.480 e. The number of nitrogens with zero attached hydrogens (tertiary/aromatic N) is 2. The lowest BCUT2D eigenvalue weighted by molar-refractivity contribution is -0.138. The number of alkyl halides is 1. The van der Waals surface area contributed by atoms with Crippen molar-refractivity contribution in [1.82, 2.24) is 4.67 Å². The number of hydrogen-bond donors (Lipinski definition) is 2. The number of halogens is 2. The Balaban J connectivity index is 0.00000841. The number of rotatable bonds is 11. The summed E-state index contributed by atoms with van der Waals surface area (Å²) in [5, 5.41) is 9.00. The average molecular weight is 494 g/mol. The molecule has 3 N–H and O–H groups in total. The van der Waals surface area contributed by atoms with Crippen LogP contribution in [0.4, 0.5) is 4.39 Å². The quantitative estimate of drug-likeness (QED) is 0.402. The zero-order valence-corrected chi connectivity index (χ0v) is 21.1. The van der Waals surface area contributed by atoms with E-state index < -0.39 is 44.0 Å². The number of nitrogens with two attached hydrogens (primary N) is 1. The van der Waals surface area contributed by atoms with Crippen LogP contribution in [0.2, 0.25) is 0 Å². The molecule has 0 aliphatic carbocycles. The molecule has 3 unspecified atom stereocenters. The molecule has 1 heterocycles. The first kappa shape index (κ1) is 29.5. The van der Waals surface area contributed by atoms with Gasteiger partial charge in [-0.2, -0.15) is 4.76 Å². The van der Waals surface area contributed by atoms with Crippen molar-refractivity contribution in [2.45, 2.75) is 65.3 Å². The van der Waals surface area contributed by atoms with Gasteiger partial charge in [-0.25, -0.2) is 4.39 Å². The molecule has 3 atom stereocenters. The van der Waals surface area contributed by atoms with E-state index in [1.165, 1.54) is 18.5 Å². The third-order valence-electron chi connectivity index (χ3n) is 5.00. The van der Waals surface area contributed by atoms with Gasteiger partial charge in [0, 0.05) is 6.54 Å². The van der Waals surface area contributed by atoms with Crippen LogP contribution >= 0.6 is 27.4 Å². The number of carboxylic acids is 1. The van der Waals surface area contributed by atoms with Crippen molar-refractivity contribution in [2.75, 3.05) is 26.4 Å². The summed E-state index contributed by atoms with van der Waals surface area (Å²) >= 11 is 0. The molecule has 0 radical (unpaired) electrons. The van der Waals surface area contributed by atoms with Gasteiger partial charge in [0.05, 0.1) is 13.2 Å². The van der Waals surface area contributed by atoms with Crippen LogP contribution < -0.4 is 5.73 Å². The second-order valence-electron chi connectivity index (χ2n) is 8.23. The summed E-state index contributed by atoms with van der Waals surface area (Å²) in [5.74, 6) is -1.35. The van der Waals surface area contributed by atoms with Crippen LogP contribution in [0.1, 0.15) is 54.4 Å². The molecule has 0 aromatic rings. The summed E-state index contributed by atoms with van der Waals surface area (Å²) in [6.45, 7) is 9.04. The summed E-state index contributed by atoms with van der Waals surface area (Å²) in [4.78, 5) is 9.51. The number of hydrogen-bond acceptors (Lipinski definition) is 6. The van der Waals surface area contributed by atoms with Gasteiger partial charge in [0.25, 0.3) is 0 Å². The molecular weight excluding hydrogens is 459 g/mol. The highest BCUT2D eigenvalue weighted by atomic mass is 35.5. The Kier molecular flexibility index (Phi) is 10.7. The summed E-state index contributed by atoms with van der Waals surface area (Å²) in [6.07, 6.45) is 0.574. The molecule has 0 saturated carbocycles. The molecule has 1 aliphatic heterocycles. The minimum absolute atomic E-state index is 0. The minimum Gasteiger partial charge on any atom is -0.480 e. The number of amidine groups is 1. The van der Waals surface area contributed by atoms with Crippen molar-refractivity contribution in [2.24, 2.45) is 15.9 Å². The molecule has 0 amide bonds. The van der Waals surface area contributed by atoms with Crippen LogP contribution in [-0.2, 0) is 23.0 Å². The molecule has 13 heteroatoms. The van der Waals surface area contributed by atoms with Crippen LogP contribution in [-0.4, -0.2) is 59.0 Å². The molecule has 30 heavy (non-hydrogen) atoms. The fourth-order valence-electron chi connectivity index (χ4n) is 3.13. The Bertz CT molecular complexity index is 734. The van der Waals surface area contributed by atoms with Crippen LogP contribution in [0.15, 0.2) is 4.76 Å². The number of aliphatic carboxylic acids is 1. The highest BCUT2D eigenvalue weighted by Gasteiger charge is 2.63. The van der Waals surface area contributed by atoms with Gasteiger partial charge in [-0.15, -0.1) is 12.4 Å². The summed E-state index contributed by atoms with van der Waals surface area (Å²) in [7, 11) is -7.75. The summed E-state index contributed by atoms with van der Waals surface area (Å²) in [5.41, 5.74) is 5.00. The lowest BCUT2D eigenvalue weighted by Gasteiger charge is -2.48. The third kappa shape index (κ3) is 5.84. The van der Waals surface area contributed by atoms with Gasteiger partial charge < -0.3 is 19.9 Å². The SMILES string of the molecule is CCOP1(=O)N=C(CF)N(CC(C)(C)CCC(N)C(=O)O)P(=O)(OCC)C1(C)C.Cl. The van der Waals surface area contributed by atoms with E-state index in [0.29, 0.717) is 6.42 Å². The standard InChI is InChI=1S/C17H34FN3O6P2.ClH/c1-7-26-28(24)17(5,6)29(25,27-8-2)21(14(11-18)20-28)12-16(3,4)10-9-13(19)15(22)23;/h13H,7-12,19H2,1-6H3,(H,22,23);1H. The number of carbonyl (C=O) groups is 1. The average Bonchev–Trinajstić information content (AvgIpc) is 2.61. The van der Waals surface area contributed by atoms with Gasteiger partial charge in [0.1, 0.15) is 18.6 Å². The molecule has 1 aliphatic rings. The van der Waals surface area contributed by atoms with E-state index in [2.05, 4.69) is 4.76 Å². The molecule has 0 fully saturated rings. The summed E-state index contributed by atoms with van der Waals surface area (Å²) in [6, 6.07) is -1.03. The van der Waals surface area contributed by atoms with E-state index in [4.69, 9.17) is 19.9 Å². The van der Waals surface area contributed by atoms with Crippen molar-refractivity contribution in [3.8, 4) is 0 Å². The fraction of sp³-hybridized carbons (Fsp3) is 0.882. The Morgan fingerprint density at radius 2 is 1.83 bits per heavy atom. The van der Waals surface area contributed by atoms with E-state index in [1.807, 2.05) is 13.8 Å². The molecule has 0 spiro atoms. The molecule has 0 saturated heterocycles. The molecule has 9 nitrogen and oxygen atoms in total. The third-order valence-corrected chi connectivity index (χ3v) is 12.0. The van der Waals surface area contributed by atoms with Gasteiger partial charge in [-0.05, 0) is 46.0 Å². The smallest absolute Gasteiger partial charge is 0.333 e. The van der Waals surface area contributed by atoms with Gasteiger partial charge in [0.15, 0.2) is 4.90 Å². The van der Waals surface area contributed by atoms with E-state index in [0.717, 1.165) is 0 Å². The Morgan fingerprint density at radius 3 is 2.27 bits per heavy atom. The molecule has 1 rings (SSSR count). The fourth-order valence-corrected chi connectivity index (χ4v) is 9.09. The first-order valence-electron chi connectivity index (χ1n) is 9.62. The van der Waals surface area contributed by atoms with Crippen LogP contribution in [0, 0.1) is 5.41 Å². The van der Waals surface area contributed by atoms with Gasteiger partial charge in [-0.3, -0.25) is 18.6 Å². The predicted octanol–water partition coefficient (Wildman–Crippen LogP) is 4.51. The Morgan fingerprint density at radius 1 is 1.30 bits per heavy atom. The van der Waals surface area contributed by atoms with Crippen LogP contribution in [0.25, 0.3) is 0 Å². The van der Waals surface area contributed by atoms with Crippen molar-refractivity contribution in [3.05, 3.63) is 0 Å². The highest BCUT2D eigenvalue weighted by Crippen LogP contribution is 2.81. The maximum Gasteiger partial charge on any atom is 0.333 e. The molecular formula is C17H35ClFN3O6P2. The topological polar surface area (TPSA) is 132 Å². The zero-order valence-electron chi connectivity index (χ0n) is 18.5. The maximum atomic E-state index is 14.1. The van der Waals surface area contributed by atoms with Crippen molar-refractivity contribution >= 4 is 39.3 Å². The van der Waals surface area contributed by atoms with E-state index in [1.54, 1.807) is 13.8 Å². The minimum atomic E-state index is -3.89. The first-order chi connectivity index (χ1) is 13.2. The van der Waals surface area contributed by atoms with Crippen molar-refractivity contribution in [1.29, 1.82) is 0 Å². The van der Waals surface area contributed by atoms with E-state index >= 15 is 0 Å². The molecule has 0 bridgehead atoms. The first-order valence-corrected chi connectivity index (χ1v) is 12.8. The van der Waals surface area contributed by atoms with Crippen molar-refractivity contribution in [3.63, 3.8) is 0 Å². The van der Waals surface area contributed by atoms with E-state index in [9.17, 15) is 18.3 Å². The molecule has 0 aromatic heterocycles. The monoisotopic (exact) mass is 493 g/mol. The van der Waals surface area contributed by atoms with Crippen LogP contribution in [0.3, 0.4) is 0 Å². The van der Waals surface area contributed by atoms with Gasteiger partial charge in [0.2, 0.25) is 0 Å². The van der Waals surface area contributed by atoms with Gasteiger partial charge in [-0.1, -0.05) is 13.8 Å². The predicted molar refractivity (Wildman–Crippen MR) is 119 cm³/mol. The van der Waals surface area contributed by atoms with Gasteiger partial charge >= 0.3 is 21.0 Å². The number of carboxylic acid groups (broad SMARTS) is 1. The molecule has 178 valence electrons.